The van der Waals surface area contributed by atoms with Gasteiger partial charge in [0.2, 0.25) is 0 Å². The number of hydrogen-bond donors (Lipinski definition) is 2. The van der Waals surface area contributed by atoms with Crippen LogP contribution in [0.1, 0.15) is 11.1 Å². The molecule has 0 aliphatic carbocycles. The third kappa shape index (κ3) is 1.71. The minimum Gasteiger partial charge on any atom is -0.398 e. The summed E-state index contributed by atoms with van der Waals surface area (Å²) in [5.74, 6) is 0. The van der Waals surface area contributed by atoms with Crippen LogP contribution in [0.3, 0.4) is 0 Å². The zero-order valence-electron chi connectivity index (χ0n) is 6.19. The summed E-state index contributed by atoms with van der Waals surface area (Å²) in [6.45, 7) is 1.94. The molecule has 0 aliphatic rings. The Kier molecular flexibility index (Phi) is 2.15. The van der Waals surface area contributed by atoms with Gasteiger partial charge in [0.15, 0.2) is 0 Å². The van der Waals surface area contributed by atoms with E-state index < -0.39 is 0 Å². The van der Waals surface area contributed by atoms with Gasteiger partial charge in [0.05, 0.1) is 0 Å². The van der Waals surface area contributed by atoms with E-state index >= 15 is 0 Å². The first kappa shape index (κ1) is 8.08. The summed E-state index contributed by atoms with van der Waals surface area (Å²) >= 11 is 5.46. The summed E-state index contributed by atoms with van der Waals surface area (Å²) in [6, 6.07) is 5.43. The zero-order chi connectivity index (χ0) is 8.43. The first-order valence-electron chi connectivity index (χ1n) is 3.22. The lowest BCUT2D eigenvalue weighted by atomic mass is 10.1. The fraction of sp³-hybridized carbons (Fsp3) is 0.125. The third-order valence-corrected chi connectivity index (χ3v) is 1.65. The van der Waals surface area contributed by atoms with E-state index in [2.05, 4.69) is 0 Å². The number of benzene rings is 1. The van der Waals surface area contributed by atoms with Gasteiger partial charge in [-0.05, 0) is 24.6 Å². The maximum atomic E-state index is 7.13. The molecule has 58 valence electrons. The van der Waals surface area contributed by atoms with Crippen molar-refractivity contribution in [2.24, 2.45) is 0 Å². The molecule has 1 rings (SSSR count). The van der Waals surface area contributed by atoms with Gasteiger partial charge in [0.25, 0.3) is 0 Å². The lowest BCUT2D eigenvalue weighted by Gasteiger charge is -2.01. The summed E-state index contributed by atoms with van der Waals surface area (Å²) in [7, 11) is 0. The standard InChI is InChI=1S/C8H9ClN2/c1-5-2-3-6(8(9)11)7(10)4-5/h2-4,11H,10H2,1H3. The molecule has 2 nitrogen and oxygen atoms in total. The van der Waals surface area contributed by atoms with Crippen molar-refractivity contribution < 1.29 is 0 Å². The monoisotopic (exact) mass is 168 g/mol. The van der Waals surface area contributed by atoms with Gasteiger partial charge in [-0.1, -0.05) is 17.7 Å². The van der Waals surface area contributed by atoms with Crippen LogP contribution in [0.4, 0.5) is 5.69 Å². The fourth-order valence-electron chi connectivity index (χ4n) is 0.882. The van der Waals surface area contributed by atoms with Crippen LogP contribution in [0.2, 0.25) is 0 Å². The first-order chi connectivity index (χ1) is 5.11. The number of rotatable bonds is 1. The number of halogens is 1. The van der Waals surface area contributed by atoms with Crippen LogP contribution in [0.25, 0.3) is 0 Å². The molecule has 0 radical (unpaired) electrons. The highest BCUT2D eigenvalue weighted by Gasteiger charge is 2.01. The summed E-state index contributed by atoms with van der Waals surface area (Å²) in [5, 5.41) is 7.12. The summed E-state index contributed by atoms with van der Waals surface area (Å²) in [6.07, 6.45) is 0. The Morgan fingerprint density at radius 3 is 2.64 bits per heavy atom. The maximum absolute atomic E-state index is 7.13. The molecule has 3 N–H and O–H groups in total. The Hall–Kier alpha value is -1.02. The topological polar surface area (TPSA) is 49.9 Å². The van der Waals surface area contributed by atoms with Crippen LogP contribution in [-0.4, -0.2) is 5.17 Å². The van der Waals surface area contributed by atoms with Crippen molar-refractivity contribution in [3.05, 3.63) is 29.3 Å². The highest BCUT2D eigenvalue weighted by Crippen LogP contribution is 2.15. The molecule has 0 aromatic heterocycles. The molecular weight excluding hydrogens is 160 g/mol. The van der Waals surface area contributed by atoms with Gasteiger partial charge in [0.1, 0.15) is 5.17 Å². The summed E-state index contributed by atoms with van der Waals surface area (Å²) < 4.78 is 0. The van der Waals surface area contributed by atoms with E-state index in [0.717, 1.165) is 5.56 Å². The fourth-order valence-corrected chi connectivity index (χ4v) is 1.05. The van der Waals surface area contributed by atoms with E-state index in [4.69, 9.17) is 22.7 Å². The van der Waals surface area contributed by atoms with Gasteiger partial charge < -0.3 is 5.73 Å². The van der Waals surface area contributed by atoms with Gasteiger partial charge >= 0.3 is 0 Å². The van der Waals surface area contributed by atoms with E-state index in [1.54, 1.807) is 12.1 Å². The van der Waals surface area contributed by atoms with E-state index in [9.17, 15) is 0 Å². The Morgan fingerprint density at radius 1 is 1.55 bits per heavy atom. The van der Waals surface area contributed by atoms with Crippen molar-refractivity contribution in [2.45, 2.75) is 6.92 Å². The molecule has 0 atom stereocenters. The molecule has 1 aromatic carbocycles. The van der Waals surface area contributed by atoms with E-state index in [1.165, 1.54) is 0 Å². The number of aryl methyl sites for hydroxylation is 1. The molecule has 0 saturated carbocycles. The van der Waals surface area contributed by atoms with Crippen molar-refractivity contribution >= 4 is 22.5 Å². The predicted octanol–water partition coefficient (Wildman–Crippen LogP) is 2.14. The van der Waals surface area contributed by atoms with Crippen LogP contribution in [0, 0.1) is 12.3 Å². The Morgan fingerprint density at radius 2 is 2.18 bits per heavy atom. The van der Waals surface area contributed by atoms with Crippen molar-refractivity contribution in [3.63, 3.8) is 0 Å². The largest absolute Gasteiger partial charge is 0.398 e. The van der Waals surface area contributed by atoms with Crippen LogP contribution in [-0.2, 0) is 0 Å². The summed E-state index contributed by atoms with van der Waals surface area (Å²) in [4.78, 5) is 0. The second-order valence-electron chi connectivity index (χ2n) is 2.40. The highest BCUT2D eigenvalue weighted by molar-refractivity contribution is 6.69. The van der Waals surface area contributed by atoms with Gasteiger partial charge in [0, 0.05) is 11.3 Å². The SMILES string of the molecule is Cc1ccc(C(=N)Cl)c(N)c1. The lowest BCUT2D eigenvalue weighted by molar-refractivity contribution is 1.45. The third-order valence-electron chi connectivity index (χ3n) is 1.44. The number of anilines is 1. The van der Waals surface area contributed by atoms with Crippen molar-refractivity contribution in [1.82, 2.24) is 0 Å². The highest BCUT2D eigenvalue weighted by atomic mass is 35.5. The Balaban J connectivity index is 3.20. The molecule has 0 unspecified atom stereocenters. The molecule has 3 heteroatoms. The molecule has 0 heterocycles. The molecule has 0 saturated heterocycles. The van der Waals surface area contributed by atoms with Crippen molar-refractivity contribution in [3.8, 4) is 0 Å². The number of nitrogen functional groups attached to an aromatic ring is 1. The average molecular weight is 169 g/mol. The minimum atomic E-state index is -0.0116. The van der Waals surface area contributed by atoms with Crippen LogP contribution in [0.5, 0.6) is 0 Å². The average Bonchev–Trinajstić information content (AvgIpc) is 1.85. The zero-order valence-corrected chi connectivity index (χ0v) is 6.94. The molecule has 0 bridgehead atoms. The second kappa shape index (κ2) is 2.93. The number of nitrogens with two attached hydrogens (primary N) is 1. The van der Waals surface area contributed by atoms with Crippen molar-refractivity contribution in [2.75, 3.05) is 5.73 Å². The molecule has 11 heavy (non-hydrogen) atoms. The summed E-state index contributed by atoms with van der Waals surface area (Å²) in [5.41, 5.74) is 7.83. The van der Waals surface area contributed by atoms with Crippen molar-refractivity contribution in [1.29, 1.82) is 5.41 Å². The Bertz CT molecular complexity index is 294. The molecule has 1 aromatic rings. The maximum Gasteiger partial charge on any atom is 0.130 e. The van der Waals surface area contributed by atoms with Gasteiger partial charge in [-0.15, -0.1) is 0 Å². The van der Waals surface area contributed by atoms with Gasteiger partial charge in [-0.2, -0.15) is 0 Å². The van der Waals surface area contributed by atoms with Crippen LogP contribution < -0.4 is 5.73 Å². The van der Waals surface area contributed by atoms with E-state index in [-0.39, 0.29) is 5.17 Å². The predicted molar refractivity (Wildman–Crippen MR) is 48.3 cm³/mol. The molecule has 0 aliphatic heterocycles. The minimum absolute atomic E-state index is 0.0116. The molecule has 0 fully saturated rings. The molecular formula is C8H9ClN2. The molecule has 0 amide bonds. The van der Waals surface area contributed by atoms with Crippen LogP contribution >= 0.6 is 11.6 Å². The lowest BCUT2D eigenvalue weighted by Crippen LogP contribution is -1.97. The first-order valence-corrected chi connectivity index (χ1v) is 3.59. The van der Waals surface area contributed by atoms with Gasteiger partial charge in [-0.25, -0.2) is 0 Å². The Labute approximate surface area is 70.5 Å². The second-order valence-corrected chi connectivity index (χ2v) is 2.78. The quantitative estimate of drug-likeness (QED) is 0.490. The number of hydrogen-bond acceptors (Lipinski definition) is 2. The van der Waals surface area contributed by atoms with E-state index in [1.807, 2.05) is 13.0 Å². The number of nitrogens with one attached hydrogen (secondary N) is 1. The molecule has 0 spiro atoms. The van der Waals surface area contributed by atoms with Gasteiger partial charge in [-0.3, -0.25) is 5.41 Å². The smallest absolute Gasteiger partial charge is 0.130 e. The van der Waals surface area contributed by atoms with Crippen LogP contribution in [0.15, 0.2) is 18.2 Å². The van der Waals surface area contributed by atoms with E-state index in [0.29, 0.717) is 11.3 Å². The normalized spacial score (nSPS) is 9.64.